The van der Waals surface area contributed by atoms with Gasteiger partial charge in [0, 0.05) is 0 Å². The van der Waals surface area contributed by atoms with E-state index in [1.54, 1.807) is 0 Å². The molecule has 6 nitrogen and oxygen atoms in total. The van der Waals surface area contributed by atoms with Crippen LogP contribution in [-0.2, 0) is 14.3 Å². The van der Waals surface area contributed by atoms with E-state index in [0.717, 1.165) is 18.9 Å². The lowest BCUT2D eigenvalue weighted by Crippen LogP contribution is -2.21. The molecule has 0 amide bonds. The first-order valence-corrected chi connectivity index (χ1v) is 9.51. The van der Waals surface area contributed by atoms with Crippen molar-refractivity contribution in [2.45, 2.75) is 40.0 Å². The number of hydrogen-bond acceptors (Lipinski definition) is 5. The van der Waals surface area contributed by atoms with Gasteiger partial charge in [-0.3, -0.25) is 0 Å². The lowest BCUT2D eigenvalue weighted by atomic mass is 9.93. The second-order valence-corrected chi connectivity index (χ2v) is 7.52. The van der Waals surface area contributed by atoms with E-state index in [0.29, 0.717) is 18.3 Å². The van der Waals surface area contributed by atoms with Gasteiger partial charge in [-0.15, -0.1) is 0 Å². The molecular weight excluding hydrogens is 419 g/mol. The topological polar surface area (TPSA) is 89.9 Å². The molecule has 0 saturated carbocycles. The van der Waals surface area contributed by atoms with Gasteiger partial charge in [-0.25, -0.2) is 14.4 Å². The van der Waals surface area contributed by atoms with Crippen molar-refractivity contribution < 1.29 is 29.0 Å². The summed E-state index contributed by atoms with van der Waals surface area (Å²) in [5.41, 5.74) is -0.390. The van der Waals surface area contributed by atoms with Crippen molar-refractivity contribution in [1.82, 2.24) is 0 Å². The summed E-state index contributed by atoms with van der Waals surface area (Å²) in [6, 6.07) is 1.14. The number of carboxylic acids is 1. The molecule has 1 rings (SSSR count). The molecule has 1 aromatic rings. The second kappa shape index (κ2) is 10.7. The van der Waals surface area contributed by atoms with Crippen LogP contribution in [0.3, 0.4) is 0 Å². The molecular formula is C18H21Cl3O6. The summed E-state index contributed by atoms with van der Waals surface area (Å²) >= 11 is 17.9. The molecule has 0 saturated heterocycles. The summed E-state index contributed by atoms with van der Waals surface area (Å²) in [5, 5.41) is 8.14. The molecule has 0 radical (unpaired) electrons. The average Bonchev–Trinajstić information content (AvgIpc) is 2.59. The highest BCUT2D eigenvalue weighted by molar-refractivity contribution is 6.46. The van der Waals surface area contributed by atoms with Crippen LogP contribution in [0.1, 0.15) is 50.4 Å². The normalized spacial score (nSPS) is 13.0. The van der Waals surface area contributed by atoms with Gasteiger partial charge < -0.3 is 14.6 Å². The zero-order chi connectivity index (χ0) is 20.7. The Bertz CT molecular complexity index is 720. The summed E-state index contributed by atoms with van der Waals surface area (Å²) in [4.78, 5) is 34.5. The van der Waals surface area contributed by atoms with Crippen molar-refractivity contribution >= 4 is 52.7 Å². The highest BCUT2D eigenvalue weighted by Gasteiger charge is 2.28. The largest absolute Gasteiger partial charge is 0.473 e. The summed E-state index contributed by atoms with van der Waals surface area (Å²) in [6.07, 6.45) is 2.70. The van der Waals surface area contributed by atoms with Crippen LogP contribution >= 0.6 is 34.8 Å². The molecule has 0 aromatic heterocycles. The SMILES string of the molecule is CCC(C)CC(C)CCOC(=O)c1c(Cl)c(Cl)cc(Cl)c1OC(=O)C(=O)O. The smallest absolute Gasteiger partial charge is 0.422 e. The van der Waals surface area contributed by atoms with Crippen molar-refractivity contribution in [3.63, 3.8) is 0 Å². The van der Waals surface area contributed by atoms with Crippen molar-refractivity contribution in [1.29, 1.82) is 0 Å². The van der Waals surface area contributed by atoms with Crippen LogP contribution in [0.2, 0.25) is 15.1 Å². The lowest BCUT2D eigenvalue weighted by Gasteiger charge is -2.17. The zero-order valence-electron chi connectivity index (χ0n) is 15.2. The Balaban J connectivity index is 2.94. The third-order valence-corrected chi connectivity index (χ3v) is 5.11. The van der Waals surface area contributed by atoms with Gasteiger partial charge in [-0.1, -0.05) is 62.0 Å². The van der Waals surface area contributed by atoms with Gasteiger partial charge in [0.1, 0.15) is 5.56 Å². The van der Waals surface area contributed by atoms with Gasteiger partial charge in [0.05, 0.1) is 21.7 Å². The first-order chi connectivity index (χ1) is 12.6. The van der Waals surface area contributed by atoms with Crippen LogP contribution < -0.4 is 4.74 Å². The number of aliphatic carboxylic acids is 1. The highest BCUT2D eigenvalue weighted by atomic mass is 35.5. The molecule has 0 aliphatic carbocycles. The number of ether oxygens (including phenoxy) is 2. The van der Waals surface area contributed by atoms with E-state index in [4.69, 9.17) is 44.6 Å². The quantitative estimate of drug-likeness (QED) is 0.257. The van der Waals surface area contributed by atoms with Crippen LogP contribution in [0.15, 0.2) is 6.07 Å². The Hall–Kier alpha value is -1.50. The summed E-state index contributed by atoms with van der Waals surface area (Å²) in [7, 11) is 0. The predicted molar refractivity (Wildman–Crippen MR) is 103 cm³/mol. The Labute approximate surface area is 172 Å². The molecule has 0 spiro atoms. The Kier molecular flexibility index (Phi) is 9.36. The van der Waals surface area contributed by atoms with E-state index >= 15 is 0 Å². The van der Waals surface area contributed by atoms with Crippen molar-refractivity contribution in [3.05, 3.63) is 26.7 Å². The summed E-state index contributed by atoms with van der Waals surface area (Å²) in [6.45, 7) is 6.44. The number of benzene rings is 1. The molecule has 2 unspecified atom stereocenters. The van der Waals surface area contributed by atoms with Crippen molar-refractivity contribution in [2.24, 2.45) is 11.8 Å². The molecule has 1 aromatic carbocycles. The minimum atomic E-state index is -1.85. The number of carbonyl (C=O) groups excluding carboxylic acids is 2. The lowest BCUT2D eigenvalue weighted by molar-refractivity contribution is -0.158. The Morgan fingerprint density at radius 3 is 2.30 bits per heavy atom. The highest BCUT2D eigenvalue weighted by Crippen LogP contribution is 2.39. The maximum atomic E-state index is 12.4. The van der Waals surface area contributed by atoms with Gasteiger partial charge in [0.25, 0.3) is 0 Å². The molecule has 9 heteroatoms. The van der Waals surface area contributed by atoms with E-state index in [1.165, 1.54) is 0 Å². The van der Waals surface area contributed by atoms with Crippen molar-refractivity contribution in [3.8, 4) is 5.75 Å². The van der Waals surface area contributed by atoms with Crippen LogP contribution in [0.4, 0.5) is 0 Å². The summed E-state index contributed by atoms with van der Waals surface area (Å²) < 4.78 is 9.88. The molecule has 150 valence electrons. The van der Waals surface area contributed by atoms with Crippen LogP contribution in [0.5, 0.6) is 5.75 Å². The van der Waals surface area contributed by atoms with E-state index in [1.807, 2.05) is 0 Å². The van der Waals surface area contributed by atoms with Gasteiger partial charge >= 0.3 is 17.9 Å². The zero-order valence-corrected chi connectivity index (χ0v) is 17.5. The van der Waals surface area contributed by atoms with Crippen LogP contribution in [-0.4, -0.2) is 29.6 Å². The monoisotopic (exact) mass is 438 g/mol. The fraction of sp³-hybridized carbons (Fsp3) is 0.500. The molecule has 2 atom stereocenters. The van der Waals surface area contributed by atoms with Gasteiger partial charge in [0.2, 0.25) is 0 Å². The van der Waals surface area contributed by atoms with Crippen LogP contribution in [0.25, 0.3) is 0 Å². The predicted octanol–water partition coefficient (Wildman–Crippen LogP) is 5.26. The second-order valence-electron chi connectivity index (χ2n) is 6.33. The standard InChI is InChI=1S/C18H21Cl3O6/c1-4-9(2)7-10(3)5-6-26-17(24)13-14(21)11(19)8-12(20)15(13)27-18(25)16(22)23/h8-10H,4-7H2,1-3H3,(H,22,23). The van der Waals surface area contributed by atoms with E-state index in [9.17, 15) is 14.4 Å². The molecule has 0 aliphatic heterocycles. The molecule has 0 heterocycles. The summed E-state index contributed by atoms with van der Waals surface area (Å²) in [5.74, 6) is -3.97. The van der Waals surface area contributed by atoms with Crippen molar-refractivity contribution in [2.75, 3.05) is 6.61 Å². The fourth-order valence-electron chi connectivity index (χ4n) is 2.39. The minimum absolute atomic E-state index is 0.0612. The van der Waals surface area contributed by atoms with Crippen LogP contribution in [0, 0.1) is 11.8 Å². The van der Waals surface area contributed by atoms with E-state index in [2.05, 4.69) is 25.5 Å². The number of rotatable bonds is 8. The van der Waals surface area contributed by atoms with Gasteiger partial charge in [-0.2, -0.15) is 0 Å². The first-order valence-electron chi connectivity index (χ1n) is 8.38. The van der Waals surface area contributed by atoms with E-state index in [-0.39, 0.29) is 21.7 Å². The number of carboxylic acid groups (broad SMARTS) is 1. The van der Waals surface area contributed by atoms with Gasteiger partial charge in [0.15, 0.2) is 5.75 Å². The first kappa shape index (κ1) is 23.5. The number of esters is 2. The maximum absolute atomic E-state index is 12.4. The Morgan fingerprint density at radius 2 is 1.74 bits per heavy atom. The number of carbonyl (C=O) groups is 3. The molecule has 0 fully saturated rings. The number of halogens is 3. The average molecular weight is 440 g/mol. The molecule has 0 bridgehead atoms. The third-order valence-electron chi connectivity index (χ3n) is 4.05. The molecule has 0 aliphatic rings. The van der Waals surface area contributed by atoms with E-state index < -0.39 is 29.2 Å². The van der Waals surface area contributed by atoms with Gasteiger partial charge in [-0.05, 0) is 30.7 Å². The molecule has 1 N–H and O–H groups in total. The minimum Gasteiger partial charge on any atom is -0.473 e. The Morgan fingerprint density at radius 1 is 1.11 bits per heavy atom. The third kappa shape index (κ3) is 6.87. The fourth-order valence-corrected chi connectivity index (χ4v) is 3.11. The maximum Gasteiger partial charge on any atom is 0.422 e. The molecule has 27 heavy (non-hydrogen) atoms. The number of hydrogen-bond donors (Lipinski definition) is 1.